The number of benzene rings is 2. The van der Waals surface area contributed by atoms with E-state index in [9.17, 15) is 0 Å². The van der Waals surface area contributed by atoms with Crippen LogP contribution in [-0.2, 0) is 12.8 Å². The predicted molar refractivity (Wildman–Crippen MR) is 139 cm³/mol. The Morgan fingerprint density at radius 1 is 0.750 bits per heavy atom. The Morgan fingerprint density at radius 3 is 1.53 bits per heavy atom. The molecule has 0 aliphatic heterocycles. The van der Waals surface area contributed by atoms with Gasteiger partial charge in [-0.2, -0.15) is 0 Å². The van der Waals surface area contributed by atoms with E-state index in [0.29, 0.717) is 10.0 Å². The number of aliphatic imine (C=N–C) groups is 2. The zero-order chi connectivity index (χ0) is 23.4. The van der Waals surface area contributed by atoms with Gasteiger partial charge in [0.1, 0.15) is 0 Å². The summed E-state index contributed by atoms with van der Waals surface area (Å²) in [5, 5.41) is 1.33. The largest absolute Gasteiger partial charge is 0.250 e. The summed E-state index contributed by atoms with van der Waals surface area (Å²) in [7, 11) is 0. The molecule has 0 N–H and O–H groups in total. The molecule has 3 nitrogen and oxygen atoms in total. The summed E-state index contributed by atoms with van der Waals surface area (Å²) >= 11 is 13.0. The van der Waals surface area contributed by atoms with Gasteiger partial charge in [0.05, 0.1) is 44.2 Å². The van der Waals surface area contributed by atoms with Crippen molar-refractivity contribution < 1.29 is 0 Å². The van der Waals surface area contributed by atoms with Crippen LogP contribution in [0.3, 0.4) is 0 Å². The van der Waals surface area contributed by atoms with Crippen molar-refractivity contribution in [3.8, 4) is 0 Å². The van der Waals surface area contributed by atoms with E-state index in [1.54, 1.807) is 0 Å². The summed E-state index contributed by atoms with van der Waals surface area (Å²) in [6, 6.07) is 14.1. The lowest BCUT2D eigenvalue weighted by Crippen LogP contribution is -2.05. The number of pyridine rings is 1. The Hall–Kier alpha value is -2.49. The fraction of sp³-hybridized carbons (Fsp3) is 0.296. The molecule has 0 aliphatic rings. The average Bonchev–Trinajstić information content (AvgIpc) is 2.76. The molecule has 0 saturated carbocycles. The van der Waals surface area contributed by atoms with Crippen molar-refractivity contribution in [3.63, 3.8) is 0 Å². The molecule has 0 atom stereocenters. The molecular weight excluding hydrogens is 437 g/mol. The van der Waals surface area contributed by atoms with E-state index in [2.05, 4.69) is 26.0 Å². The molecule has 0 saturated heterocycles. The second-order valence-corrected chi connectivity index (χ2v) is 8.83. The third-order valence-electron chi connectivity index (χ3n) is 5.38. The summed E-state index contributed by atoms with van der Waals surface area (Å²) in [6.07, 6.45) is 1.73. The van der Waals surface area contributed by atoms with Gasteiger partial charge in [0.15, 0.2) is 0 Å². The molecule has 3 aromatic rings. The molecule has 32 heavy (non-hydrogen) atoms. The van der Waals surface area contributed by atoms with Crippen LogP contribution in [0.25, 0.3) is 0 Å². The molecule has 0 aliphatic carbocycles. The van der Waals surface area contributed by atoms with Crippen LogP contribution in [0, 0.1) is 13.8 Å². The Morgan fingerprint density at radius 2 is 1.16 bits per heavy atom. The van der Waals surface area contributed by atoms with Gasteiger partial charge in [-0.3, -0.25) is 0 Å². The Labute approximate surface area is 201 Å². The smallest absolute Gasteiger partial charge is 0.0851 e. The van der Waals surface area contributed by atoms with Crippen LogP contribution in [-0.4, -0.2) is 16.4 Å². The number of aryl methyl sites for hydroxylation is 4. The number of hydrogen-bond acceptors (Lipinski definition) is 3. The van der Waals surface area contributed by atoms with Crippen molar-refractivity contribution in [2.24, 2.45) is 9.98 Å². The zero-order valence-corrected chi connectivity index (χ0v) is 21.1. The maximum atomic E-state index is 6.51. The molecule has 0 fully saturated rings. The summed E-state index contributed by atoms with van der Waals surface area (Å²) in [5.74, 6) is 0. The minimum atomic E-state index is 0.663. The van der Waals surface area contributed by atoms with E-state index < -0.39 is 0 Å². The number of rotatable bonds is 6. The van der Waals surface area contributed by atoms with E-state index >= 15 is 0 Å². The van der Waals surface area contributed by atoms with Gasteiger partial charge >= 0.3 is 0 Å². The average molecular weight is 466 g/mol. The van der Waals surface area contributed by atoms with Gasteiger partial charge in [0.2, 0.25) is 0 Å². The molecule has 166 valence electrons. The molecule has 0 radical (unpaired) electrons. The lowest BCUT2D eigenvalue weighted by atomic mass is 10.1. The predicted octanol–water partition coefficient (Wildman–Crippen LogP) is 8.41. The van der Waals surface area contributed by atoms with E-state index in [-0.39, 0.29) is 0 Å². The van der Waals surface area contributed by atoms with Crippen molar-refractivity contribution in [2.75, 3.05) is 0 Å². The summed E-state index contributed by atoms with van der Waals surface area (Å²) < 4.78 is 0. The van der Waals surface area contributed by atoms with Crippen LogP contribution in [0.4, 0.5) is 11.4 Å². The Bertz CT molecular complexity index is 1120. The van der Waals surface area contributed by atoms with Gasteiger partial charge in [-0.25, -0.2) is 15.0 Å². The van der Waals surface area contributed by atoms with Crippen molar-refractivity contribution in [1.29, 1.82) is 0 Å². The van der Waals surface area contributed by atoms with Gasteiger partial charge < -0.3 is 0 Å². The Kier molecular flexibility index (Phi) is 7.86. The fourth-order valence-electron chi connectivity index (χ4n) is 3.69. The summed E-state index contributed by atoms with van der Waals surface area (Å²) in [4.78, 5) is 14.5. The SMILES string of the molecule is CCc1cc(C)cc(Cl)c1N=C(C)c1cccc(C(C)=Nc2c(Cl)cc(C)cc2CC)n1. The van der Waals surface area contributed by atoms with Gasteiger partial charge in [-0.05, 0) is 87.1 Å². The van der Waals surface area contributed by atoms with E-state index in [1.807, 2.05) is 58.0 Å². The van der Waals surface area contributed by atoms with Crippen LogP contribution in [0.15, 0.2) is 52.4 Å². The van der Waals surface area contributed by atoms with Crippen molar-refractivity contribution >= 4 is 46.0 Å². The van der Waals surface area contributed by atoms with E-state index in [0.717, 1.165) is 69.3 Å². The maximum Gasteiger partial charge on any atom is 0.0851 e. The van der Waals surface area contributed by atoms with Crippen LogP contribution in [0.5, 0.6) is 0 Å². The van der Waals surface area contributed by atoms with Crippen molar-refractivity contribution in [3.05, 3.63) is 86.2 Å². The molecule has 0 bridgehead atoms. The standard InChI is InChI=1S/C27H29Cl2N3/c1-7-20-12-16(3)14-22(28)26(20)30-18(5)24-10-9-11-25(32-24)19(6)31-27-21(8-2)13-17(4)15-23(27)29/h9-15H,7-8H2,1-6H3. The van der Waals surface area contributed by atoms with Crippen LogP contribution in [0.2, 0.25) is 10.0 Å². The first-order valence-electron chi connectivity index (χ1n) is 10.9. The first-order valence-corrected chi connectivity index (χ1v) is 11.7. The van der Waals surface area contributed by atoms with Crippen LogP contribution < -0.4 is 0 Å². The highest BCUT2D eigenvalue weighted by Gasteiger charge is 2.11. The van der Waals surface area contributed by atoms with E-state index in [1.165, 1.54) is 0 Å². The van der Waals surface area contributed by atoms with Crippen molar-refractivity contribution in [1.82, 2.24) is 4.98 Å². The minimum Gasteiger partial charge on any atom is -0.250 e. The highest BCUT2D eigenvalue weighted by atomic mass is 35.5. The van der Waals surface area contributed by atoms with Gasteiger partial charge in [0, 0.05) is 0 Å². The number of aromatic nitrogens is 1. The molecule has 1 heterocycles. The van der Waals surface area contributed by atoms with Gasteiger partial charge in [-0.1, -0.05) is 55.2 Å². The molecule has 3 rings (SSSR count). The minimum absolute atomic E-state index is 0.663. The van der Waals surface area contributed by atoms with Crippen molar-refractivity contribution in [2.45, 2.75) is 54.4 Å². The number of halogens is 2. The molecular formula is C27H29Cl2N3. The first-order chi connectivity index (χ1) is 15.2. The normalized spacial score (nSPS) is 12.4. The quantitative estimate of drug-likeness (QED) is 0.336. The first kappa shape index (κ1) is 24.2. The molecule has 5 heteroatoms. The maximum absolute atomic E-state index is 6.51. The third kappa shape index (κ3) is 5.46. The molecule has 1 aromatic heterocycles. The second-order valence-electron chi connectivity index (χ2n) is 8.02. The third-order valence-corrected chi connectivity index (χ3v) is 5.96. The molecule has 0 spiro atoms. The highest BCUT2D eigenvalue weighted by Crippen LogP contribution is 2.33. The van der Waals surface area contributed by atoms with Crippen LogP contribution in [0.1, 0.15) is 61.3 Å². The van der Waals surface area contributed by atoms with Crippen LogP contribution >= 0.6 is 23.2 Å². The van der Waals surface area contributed by atoms with Gasteiger partial charge in [0.25, 0.3) is 0 Å². The molecule has 0 amide bonds. The van der Waals surface area contributed by atoms with E-state index in [4.69, 9.17) is 38.2 Å². The Balaban J connectivity index is 2.01. The lowest BCUT2D eigenvalue weighted by molar-refractivity contribution is 1.12. The summed E-state index contributed by atoms with van der Waals surface area (Å²) in [5.41, 5.74) is 9.36. The fourth-order valence-corrected chi connectivity index (χ4v) is 4.36. The monoisotopic (exact) mass is 465 g/mol. The van der Waals surface area contributed by atoms with Gasteiger partial charge in [-0.15, -0.1) is 0 Å². The number of hydrogen-bond donors (Lipinski definition) is 0. The molecule has 2 aromatic carbocycles. The summed E-state index contributed by atoms with van der Waals surface area (Å²) in [6.45, 7) is 12.2. The lowest BCUT2D eigenvalue weighted by Gasteiger charge is -2.11. The topological polar surface area (TPSA) is 37.6 Å². The second kappa shape index (κ2) is 10.4. The zero-order valence-electron chi connectivity index (χ0n) is 19.6. The highest BCUT2D eigenvalue weighted by molar-refractivity contribution is 6.33. The number of nitrogens with zero attached hydrogens (tertiary/aromatic N) is 3. The molecule has 0 unspecified atom stereocenters.